The second-order valence-corrected chi connectivity index (χ2v) is 6.32. The van der Waals surface area contributed by atoms with Gasteiger partial charge in [-0.1, -0.05) is 12.1 Å². The van der Waals surface area contributed by atoms with E-state index in [0.29, 0.717) is 18.8 Å². The maximum absolute atomic E-state index is 12.8. The van der Waals surface area contributed by atoms with Crippen molar-refractivity contribution in [3.8, 4) is 5.75 Å². The van der Waals surface area contributed by atoms with Crippen molar-refractivity contribution in [1.82, 2.24) is 14.8 Å². The lowest BCUT2D eigenvalue weighted by atomic mass is 10.2. The first-order valence-electron chi connectivity index (χ1n) is 6.71. The highest BCUT2D eigenvalue weighted by molar-refractivity contribution is 7.99. The standard InChI is InChI=1S/C14H14F3N3OS/c1-21-10-4-2-9(3-5-10)8-22-11-6-12-18-19-13(14(15,16)17)20(12)7-11/h2-5,11H,6-8H2,1H3. The van der Waals surface area contributed by atoms with Crippen molar-refractivity contribution in [2.45, 2.75) is 30.1 Å². The molecule has 0 N–H and O–H groups in total. The number of methoxy groups -OCH3 is 1. The fourth-order valence-corrected chi connectivity index (χ4v) is 3.55. The van der Waals surface area contributed by atoms with E-state index in [1.54, 1.807) is 18.9 Å². The molecule has 8 heteroatoms. The molecule has 1 aliphatic heterocycles. The number of alkyl halides is 3. The fraction of sp³-hybridized carbons (Fsp3) is 0.429. The third kappa shape index (κ3) is 3.06. The van der Waals surface area contributed by atoms with Crippen LogP contribution in [-0.4, -0.2) is 27.1 Å². The van der Waals surface area contributed by atoms with Crippen LogP contribution >= 0.6 is 11.8 Å². The zero-order valence-corrected chi connectivity index (χ0v) is 12.6. The van der Waals surface area contributed by atoms with Gasteiger partial charge in [0.1, 0.15) is 11.6 Å². The van der Waals surface area contributed by atoms with Gasteiger partial charge in [0.2, 0.25) is 5.82 Å². The Kier molecular flexibility index (Phi) is 4.03. The Morgan fingerprint density at radius 2 is 2.00 bits per heavy atom. The van der Waals surface area contributed by atoms with Gasteiger partial charge in [0, 0.05) is 24.0 Å². The van der Waals surface area contributed by atoms with Crippen LogP contribution in [0.1, 0.15) is 17.2 Å². The van der Waals surface area contributed by atoms with Gasteiger partial charge < -0.3 is 9.30 Å². The highest BCUT2D eigenvalue weighted by atomic mass is 32.2. The Bertz CT molecular complexity index is 654. The van der Waals surface area contributed by atoms with Crippen LogP contribution in [0.25, 0.3) is 0 Å². The minimum Gasteiger partial charge on any atom is -0.497 e. The lowest BCUT2D eigenvalue weighted by Crippen LogP contribution is -2.16. The maximum Gasteiger partial charge on any atom is 0.451 e. The summed E-state index contributed by atoms with van der Waals surface area (Å²) in [6, 6.07) is 7.67. The highest BCUT2D eigenvalue weighted by Crippen LogP contribution is 2.34. The number of hydrogen-bond donors (Lipinski definition) is 0. The summed E-state index contributed by atoms with van der Waals surface area (Å²) in [6.45, 7) is 0.304. The molecular formula is C14H14F3N3OS. The predicted octanol–water partition coefficient (Wildman–Crippen LogP) is 3.16. The van der Waals surface area contributed by atoms with Gasteiger partial charge in [0.05, 0.1) is 7.11 Å². The highest BCUT2D eigenvalue weighted by Gasteiger charge is 2.41. The summed E-state index contributed by atoms with van der Waals surface area (Å²) in [4.78, 5) is 0. The van der Waals surface area contributed by atoms with Gasteiger partial charge in [-0.15, -0.1) is 10.2 Å². The van der Waals surface area contributed by atoms with Gasteiger partial charge in [-0.3, -0.25) is 0 Å². The number of benzene rings is 1. The number of rotatable bonds is 4. The molecule has 0 spiro atoms. The second-order valence-electron chi connectivity index (χ2n) is 5.03. The molecule has 0 fully saturated rings. The first-order valence-corrected chi connectivity index (χ1v) is 7.76. The number of fused-ring (bicyclic) bond motifs is 1. The molecule has 1 unspecified atom stereocenters. The summed E-state index contributed by atoms with van der Waals surface area (Å²) >= 11 is 1.63. The van der Waals surface area contributed by atoms with E-state index in [9.17, 15) is 13.2 Å². The van der Waals surface area contributed by atoms with E-state index in [1.807, 2.05) is 24.3 Å². The molecule has 1 atom stereocenters. The van der Waals surface area contributed by atoms with Gasteiger partial charge in [0.25, 0.3) is 0 Å². The first-order chi connectivity index (χ1) is 10.5. The normalized spacial score (nSPS) is 17.5. The fourth-order valence-electron chi connectivity index (χ4n) is 2.41. The molecule has 118 valence electrons. The molecule has 1 aromatic carbocycles. The zero-order valence-electron chi connectivity index (χ0n) is 11.8. The predicted molar refractivity (Wildman–Crippen MR) is 76.8 cm³/mol. The Hall–Kier alpha value is -1.70. The van der Waals surface area contributed by atoms with Crippen molar-refractivity contribution in [3.05, 3.63) is 41.5 Å². The second kappa shape index (κ2) is 5.83. The van der Waals surface area contributed by atoms with Gasteiger partial charge in [-0.25, -0.2) is 0 Å². The molecule has 1 aromatic heterocycles. The third-order valence-corrected chi connectivity index (χ3v) is 4.81. The number of hydrogen-bond acceptors (Lipinski definition) is 4. The molecule has 0 amide bonds. The molecule has 3 rings (SSSR count). The molecular weight excluding hydrogens is 315 g/mol. The molecule has 0 bridgehead atoms. The van der Waals surface area contributed by atoms with Crippen molar-refractivity contribution in [3.63, 3.8) is 0 Å². The van der Waals surface area contributed by atoms with E-state index in [4.69, 9.17) is 4.74 Å². The van der Waals surface area contributed by atoms with Gasteiger partial charge in [-0.2, -0.15) is 24.9 Å². The minimum atomic E-state index is -4.44. The maximum atomic E-state index is 12.8. The van der Waals surface area contributed by atoms with E-state index in [2.05, 4.69) is 10.2 Å². The van der Waals surface area contributed by atoms with Gasteiger partial charge in [0.15, 0.2) is 0 Å². The molecule has 0 saturated carbocycles. The zero-order chi connectivity index (χ0) is 15.7. The van der Waals surface area contributed by atoms with Crippen LogP contribution in [0.4, 0.5) is 13.2 Å². The molecule has 0 aliphatic carbocycles. The smallest absolute Gasteiger partial charge is 0.451 e. The monoisotopic (exact) mass is 329 g/mol. The third-order valence-electron chi connectivity index (χ3n) is 3.52. The lowest BCUT2D eigenvalue weighted by Gasteiger charge is -2.11. The number of halogens is 3. The summed E-state index contributed by atoms with van der Waals surface area (Å²) in [5.41, 5.74) is 1.12. The van der Waals surface area contributed by atoms with Crippen molar-refractivity contribution in [2.24, 2.45) is 0 Å². The quantitative estimate of drug-likeness (QED) is 0.864. The Balaban J connectivity index is 1.60. The summed E-state index contributed by atoms with van der Waals surface area (Å²) < 4.78 is 44.6. The van der Waals surface area contributed by atoms with Crippen LogP contribution < -0.4 is 4.74 Å². The molecule has 4 nitrogen and oxygen atoms in total. The SMILES string of the molecule is COc1ccc(CSC2Cc3nnc(C(F)(F)F)n3C2)cc1. The topological polar surface area (TPSA) is 39.9 Å². The number of ether oxygens (including phenoxy) is 1. The van der Waals surface area contributed by atoms with Crippen molar-refractivity contribution < 1.29 is 17.9 Å². The molecule has 0 radical (unpaired) electrons. The van der Waals surface area contributed by atoms with Crippen molar-refractivity contribution >= 4 is 11.8 Å². The van der Waals surface area contributed by atoms with E-state index in [1.165, 1.54) is 4.57 Å². The van der Waals surface area contributed by atoms with Gasteiger partial charge in [-0.05, 0) is 17.7 Å². The molecule has 0 saturated heterocycles. The average Bonchev–Trinajstić information content (AvgIpc) is 3.04. The van der Waals surface area contributed by atoms with E-state index < -0.39 is 12.0 Å². The van der Waals surface area contributed by atoms with Crippen molar-refractivity contribution in [2.75, 3.05) is 7.11 Å². The summed E-state index contributed by atoms with van der Waals surface area (Å²) in [5.74, 6) is 1.05. The minimum absolute atomic E-state index is 0.0914. The average molecular weight is 329 g/mol. The van der Waals surface area contributed by atoms with E-state index >= 15 is 0 Å². The molecule has 22 heavy (non-hydrogen) atoms. The van der Waals surface area contributed by atoms with Crippen LogP contribution in [0.2, 0.25) is 0 Å². The van der Waals surface area contributed by atoms with Crippen LogP contribution in [0.15, 0.2) is 24.3 Å². The van der Waals surface area contributed by atoms with Crippen LogP contribution in [-0.2, 0) is 24.9 Å². The number of aromatic nitrogens is 3. The van der Waals surface area contributed by atoms with Gasteiger partial charge >= 0.3 is 6.18 Å². The lowest BCUT2D eigenvalue weighted by molar-refractivity contribution is -0.147. The Labute approximate surface area is 129 Å². The summed E-state index contributed by atoms with van der Waals surface area (Å²) in [5, 5.41) is 6.99. The Morgan fingerprint density at radius 3 is 2.64 bits per heavy atom. The van der Waals surface area contributed by atoms with Crippen molar-refractivity contribution in [1.29, 1.82) is 0 Å². The summed E-state index contributed by atoms with van der Waals surface area (Å²) in [6.07, 6.45) is -3.93. The number of nitrogens with zero attached hydrogens (tertiary/aromatic N) is 3. The van der Waals surface area contributed by atoms with Crippen LogP contribution in [0, 0.1) is 0 Å². The molecule has 2 heterocycles. The molecule has 2 aromatic rings. The Morgan fingerprint density at radius 1 is 1.27 bits per heavy atom. The molecule has 1 aliphatic rings. The number of thioether (sulfide) groups is 1. The summed E-state index contributed by atoms with van der Waals surface area (Å²) in [7, 11) is 1.61. The first kappa shape index (κ1) is 15.2. The van der Waals surface area contributed by atoms with Crippen LogP contribution in [0.3, 0.4) is 0 Å². The largest absolute Gasteiger partial charge is 0.497 e. The van der Waals surface area contributed by atoms with Crippen LogP contribution in [0.5, 0.6) is 5.75 Å². The van der Waals surface area contributed by atoms with E-state index in [0.717, 1.165) is 17.1 Å². The van der Waals surface area contributed by atoms with E-state index in [-0.39, 0.29) is 5.25 Å².